The van der Waals surface area contributed by atoms with E-state index in [9.17, 15) is 9.59 Å². The number of cyclic esters (lactones) is 1. The van der Waals surface area contributed by atoms with Crippen molar-refractivity contribution in [3.63, 3.8) is 0 Å². The van der Waals surface area contributed by atoms with Gasteiger partial charge in [0.25, 0.3) is 0 Å². The van der Waals surface area contributed by atoms with Gasteiger partial charge in [-0.15, -0.1) is 0 Å². The Balaban J connectivity index is 2.26. The largest absolute Gasteiger partial charge is 0.457 e. The highest BCUT2D eigenvalue weighted by Gasteiger charge is 2.28. The van der Waals surface area contributed by atoms with Crippen LogP contribution in [0.2, 0.25) is 5.02 Å². The maximum Gasteiger partial charge on any atom is 0.397 e. The van der Waals surface area contributed by atoms with Crippen LogP contribution in [0.25, 0.3) is 0 Å². The Kier molecular flexibility index (Phi) is 2.60. The molecule has 0 saturated carbocycles. The van der Waals surface area contributed by atoms with E-state index >= 15 is 0 Å². The number of halogens is 1. The molecular formula is C10H8ClNO3. The Morgan fingerprint density at radius 3 is 2.53 bits per heavy atom. The van der Waals surface area contributed by atoms with E-state index in [0.29, 0.717) is 17.3 Å². The third kappa shape index (κ3) is 1.94. The molecule has 1 fully saturated rings. The zero-order valence-electron chi connectivity index (χ0n) is 7.77. The van der Waals surface area contributed by atoms with Crippen LogP contribution < -0.4 is 4.90 Å². The Morgan fingerprint density at radius 2 is 1.87 bits per heavy atom. The summed E-state index contributed by atoms with van der Waals surface area (Å²) in [5.74, 6) is -1.44. The van der Waals surface area contributed by atoms with Gasteiger partial charge in [0.05, 0.1) is 6.54 Å². The maximum atomic E-state index is 11.4. The average molecular weight is 226 g/mol. The lowest BCUT2D eigenvalue weighted by atomic mass is 10.2. The third-order valence-electron chi connectivity index (χ3n) is 2.11. The fourth-order valence-electron chi connectivity index (χ4n) is 1.37. The first kappa shape index (κ1) is 9.98. The highest BCUT2D eigenvalue weighted by molar-refractivity contribution is 6.38. The number of anilines is 1. The number of amides is 1. The van der Waals surface area contributed by atoms with Crippen LogP contribution in [0.15, 0.2) is 24.3 Å². The summed E-state index contributed by atoms with van der Waals surface area (Å²) in [6.45, 7) is 0.611. The minimum absolute atomic E-state index is 0.229. The number of carbonyl (C=O) groups is 2. The highest BCUT2D eigenvalue weighted by atomic mass is 35.5. The molecule has 0 aliphatic carbocycles. The third-order valence-corrected chi connectivity index (χ3v) is 2.36. The zero-order chi connectivity index (χ0) is 10.8. The van der Waals surface area contributed by atoms with E-state index in [0.717, 1.165) is 0 Å². The second-order valence-electron chi connectivity index (χ2n) is 3.07. The summed E-state index contributed by atoms with van der Waals surface area (Å²) in [7, 11) is 0. The Labute approximate surface area is 91.4 Å². The van der Waals surface area contributed by atoms with E-state index in [1.807, 2.05) is 0 Å². The molecule has 1 aliphatic rings. The Morgan fingerprint density at radius 1 is 1.20 bits per heavy atom. The first-order chi connectivity index (χ1) is 7.18. The van der Waals surface area contributed by atoms with Crippen LogP contribution in [-0.4, -0.2) is 25.0 Å². The van der Waals surface area contributed by atoms with Crippen molar-refractivity contribution in [1.29, 1.82) is 0 Å². The monoisotopic (exact) mass is 225 g/mol. The van der Waals surface area contributed by atoms with E-state index in [-0.39, 0.29) is 6.61 Å². The molecule has 78 valence electrons. The van der Waals surface area contributed by atoms with Gasteiger partial charge in [-0.05, 0) is 24.3 Å². The van der Waals surface area contributed by atoms with E-state index in [1.54, 1.807) is 24.3 Å². The van der Waals surface area contributed by atoms with Gasteiger partial charge in [-0.3, -0.25) is 9.69 Å². The van der Waals surface area contributed by atoms with Crippen molar-refractivity contribution in [3.8, 4) is 0 Å². The number of benzene rings is 1. The molecule has 1 heterocycles. The lowest BCUT2D eigenvalue weighted by Crippen LogP contribution is -2.45. The molecule has 1 aromatic carbocycles. The second kappa shape index (κ2) is 3.90. The van der Waals surface area contributed by atoms with Gasteiger partial charge in [0.1, 0.15) is 6.61 Å². The van der Waals surface area contributed by atoms with E-state index < -0.39 is 11.9 Å². The SMILES string of the molecule is O=C1OCCN(c2ccc(Cl)cc2)C1=O. The van der Waals surface area contributed by atoms with Crippen LogP contribution in [-0.2, 0) is 14.3 Å². The van der Waals surface area contributed by atoms with Gasteiger partial charge >= 0.3 is 11.9 Å². The second-order valence-corrected chi connectivity index (χ2v) is 3.51. The summed E-state index contributed by atoms with van der Waals surface area (Å²) < 4.78 is 4.61. The summed E-state index contributed by atoms with van der Waals surface area (Å²) in [6.07, 6.45) is 0. The minimum Gasteiger partial charge on any atom is -0.457 e. The van der Waals surface area contributed by atoms with Crippen LogP contribution >= 0.6 is 11.6 Å². The standard InChI is InChI=1S/C10H8ClNO3/c11-7-1-3-8(4-2-7)12-5-6-15-10(14)9(12)13/h1-4H,5-6H2. The molecule has 1 saturated heterocycles. The van der Waals surface area contributed by atoms with Crippen molar-refractivity contribution < 1.29 is 14.3 Å². The first-order valence-electron chi connectivity index (χ1n) is 4.42. The minimum atomic E-state index is -0.809. The molecule has 1 amide bonds. The van der Waals surface area contributed by atoms with Crippen LogP contribution in [0, 0.1) is 0 Å². The van der Waals surface area contributed by atoms with E-state index in [4.69, 9.17) is 11.6 Å². The van der Waals surface area contributed by atoms with Crippen molar-refractivity contribution in [3.05, 3.63) is 29.3 Å². The number of hydrogen-bond donors (Lipinski definition) is 0. The Bertz CT molecular complexity index is 402. The first-order valence-corrected chi connectivity index (χ1v) is 4.80. The topological polar surface area (TPSA) is 46.6 Å². The lowest BCUT2D eigenvalue weighted by molar-refractivity contribution is -0.156. The summed E-state index contributed by atoms with van der Waals surface area (Å²) >= 11 is 5.72. The van der Waals surface area contributed by atoms with Crippen LogP contribution in [0.4, 0.5) is 5.69 Å². The van der Waals surface area contributed by atoms with Gasteiger partial charge in [-0.2, -0.15) is 0 Å². The highest BCUT2D eigenvalue weighted by Crippen LogP contribution is 2.19. The number of nitrogens with zero attached hydrogens (tertiary/aromatic N) is 1. The molecule has 1 aromatic rings. The van der Waals surface area contributed by atoms with Gasteiger partial charge in [0.15, 0.2) is 0 Å². The number of carbonyl (C=O) groups excluding carboxylic acids is 2. The van der Waals surface area contributed by atoms with Crippen molar-refractivity contribution >= 4 is 29.2 Å². The quantitative estimate of drug-likeness (QED) is 0.534. The molecule has 0 atom stereocenters. The average Bonchev–Trinajstić information content (AvgIpc) is 2.24. The van der Waals surface area contributed by atoms with Crippen LogP contribution in [0.1, 0.15) is 0 Å². The van der Waals surface area contributed by atoms with Gasteiger partial charge < -0.3 is 4.74 Å². The molecule has 1 aliphatic heterocycles. The van der Waals surface area contributed by atoms with Crippen LogP contribution in [0.5, 0.6) is 0 Å². The summed E-state index contributed by atoms with van der Waals surface area (Å²) in [4.78, 5) is 23.8. The molecule has 0 bridgehead atoms. The molecular weight excluding hydrogens is 218 g/mol. The van der Waals surface area contributed by atoms with Crippen LogP contribution in [0.3, 0.4) is 0 Å². The molecule has 4 nitrogen and oxygen atoms in total. The Hall–Kier alpha value is -1.55. The molecule has 15 heavy (non-hydrogen) atoms. The smallest absolute Gasteiger partial charge is 0.397 e. The number of hydrogen-bond acceptors (Lipinski definition) is 3. The maximum absolute atomic E-state index is 11.4. The van der Waals surface area contributed by atoms with Crippen molar-refractivity contribution in [2.75, 3.05) is 18.1 Å². The molecule has 2 rings (SSSR count). The van der Waals surface area contributed by atoms with E-state index in [2.05, 4.69) is 4.74 Å². The summed E-state index contributed by atoms with van der Waals surface area (Å²) in [5, 5.41) is 0.589. The fourth-order valence-corrected chi connectivity index (χ4v) is 1.50. The van der Waals surface area contributed by atoms with E-state index in [1.165, 1.54) is 4.90 Å². The summed E-state index contributed by atoms with van der Waals surface area (Å²) in [5.41, 5.74) is 0.654. The van der Waals surface area contributed by atoms with Crippen molar-refractivity contribution in [2.24, 2.45) is 0 Å². The van der Waals surface area contributed by atoms with Gasteiger partial charge in [0.2, 0.25) is 0 Å². The molecule has 0 N–H and O–H groups in total. The van der Waals surface area contributed by atoms with Gasteiger partial charge in [-0.1, -0.05) is 11.6 Å². The number of esters is 1. The molecule has 0 radical (unpaired) electrons. The summed E-state index contributed by atoms with van der Waals surface area (Å²) in [6, 6.07) is 6.73. The zero-order valence-corrected chi connectivity index (χ0v) is 8.53. The molecule has 0 unspecified atom stereocenters. The number of ether oxygens (including phenoxy) is 1. The number of rotatable bonds is 1. The fraction of sp³-hybridized carbons (Fsp3) is 0.200. The van der Waals surface area contributed by atoms with Crippen molar-refractivity contribution in [1.82, 2.24) is 0 Å². The molecule has 0 aromatic heterocycles. The molecule has 5 heteroatoms. The molecule has 0 spiro atoms. The van der Waals surface area contributed by atoms with Gasteiger partial charge in [-0.25, -0.2) is 4.79 Å². The van der Waals surface area contributed by atoms with Crippen molar-refractivity contribution in [2.45, 2.75) is 0 Å². The van der Waals surface area contributed by atoms with Gasteiger partial charge in [0, 0.05) is 10.7 Å². The number of morpholine rings is 1. The normalized spacial score (nSPS) is 16.5. The lowest BCUT2D eigenvalue weighted by Gasteiger charge is -2.25. The predicted molar refractivity (Wildman–Crippen MR) is 54.8 cm³/mol. The predicted octanol–water partition coefficient (Wildman–Crippen LogP) is 1.23.